The van der Waals surface area contributed by atoms with Crippen LogP contribution in [0.15, 0.2) is 11.9 Å². The molecular weight excluding hydrogens is 270 g/mol. The number of carbonyl (C=O) groups excluding carboxylic acids is 3. The van der Waals surface area contributed by atoms with Crippen molar-refractivity contribution in [2.75, 3.05) is 6.54 Å². The van der Waals surface area contributed by atoms with Gasteiger partial charge in [-0.3, -0.25) is 19.3 Å². The van der Waals surface area contributed by atoms with Gasteiger partial charge in [0.2, 0.25) is 5.91 Å². The third-order valence-corrected chi connectivity index (χ3v) is 3.35. The first kappa shape index (κ1) is 15.2. The van der Waals surface area contributed by atoms with E-state index in [1.165, 1.54) is 6.92 Å². The van der Waals surface area contributed by atoms with Crippen molar-refractivity contribution in [3.8, 4) is 0 Å². The molecule has 1 aromatic rings. The monoisotopic (exact) mass is 289 g/mol. The Kier molecular flexibility index (Phi) is 3.80. The average molecular weight is 289 g/mol. The van der Waals surface area contributed by atoms with E-state index >= 15 is 0 Å². The Morgan fingerprint density at radius 3 is 2.62 bits per heavy atom. The molecule has 0 spiro atoms. The van der Waals surface area contributed by atoms with Gasteiger partial charge in [-0.1, -0.05) is 20.8 Å². The molecule has 1 saturated heterocycles. The third kappa shape index (κ3) is 3.09. The minimum Gasteiger partial charge on any atom is -0.348 e. The van der Waals surface area contributed by atoms with Crippen molar-refractivity contribution in [2.24, 2.45) is 0 Å². The summed E-state index contributed by atoms with van der Waals surface area (Å²) in [4.78, 5) is 43.7. The van der Waals surface area contributed by atoms with Crippen LogP contribution >= 0.6 is 0 Å². The number of imide groups is 1. The summed E-state index contributed by atoms with van der Waals surface area (Å²) in [6, 6.07) is 0. The van der Waals surface area contributed by atoms with Gasteiger partial charge in [-0.25, -0.2) is 4.98 Å². The summed E-state index contributed by atoms with van der Waals surface area (Å²) >= 11 is 0. The Labute approximate surface area is 123 Å². The van der Waals surface area contributed by atoms with Crippen LogP contribution in [0.4, 0.5) is 0 Å². The molecule has 112 valence electrons. The largest absolute Gasteiger partial charge is 0.348 e. The van der Waals surface area contributed by atoms with Crippen LogP contribution in [0, 0.1) is 0 Å². The molecule has 0 bridgehead atoms. The number of piperidine rings is 1. The SMILES string of the molecule is CC(=O)N1CC(=O)C/C(=C/c2nc[nH]c2C(C)(C)C)C1=O. The summed E-state index contributed by atoms with van der Waals surface area (Å²) in [7, 11) is 0. The van der Waals surface area contributed by atoms with Gasteiger partial charge in [-0.15, -0.1) is 0 Å². The Morgan fingerprint density at radius 2 is 2.05 bits per heavy atom. The van der Waals surface area contributed by atoms with E-state index in [0.717, 1.165) is 10.6 Å². The van der Waals surface area contributed by atoms with Crippen LogP contribution in [0.2, 0.25) is 0 Å². The molecule has 1 aliphatic heterocycles. The van der Waals surface area contributed by atoms with Gasteiger partial charge in [-0.2, -0.15) is 0 Å². The molecule has 1 fully saturated rings. The van der Waals surface area contributed by atoms with Crippen LogP contribution in [0.25, 0.3) is 6.08 Å². The standard InChI is InChI=1S/C15H19N3O3/c1-9(19)18-7-11(20)5-10(14(18)21)6-12-13(15(2,3)4)17-8-16-12/h6,8H,5,7H2,1-4H3,(H,16,17)/b10-6-. The molecule has 0 radical (unpaired) electrons. The molecule has 2 heterocycles. The van der Waals surface area contributed by atoms with Crippen LogP contribution in [0.1, 0.15) is 45.5 Å². The van der Waals surface area contributed by atoms with E-state index in [9.17, 15) is 14.4 Å². The van der Waals surface area contributed by atoms with Crippen molar-refractivity contribution in [3.63, 3.8) is 0 Å². The summed E-state index contributed by atoms with van der Waals surface area (Å²) in [5, 5.41) is 0. The van der Waals surface area contributed by atoms with Gasteiger partial charge in [0.25, 0.3) is 5.91 Å². The number of amides is 2. The van der Waals surface area contributed by atoms with Gasteiger partial charge in [0, 0.05) is 30.0 Å². The zero-order chi connectivity index (χ0) is 15.8. The van der Waals surface area contributed by atoms with Crippen molar-refractivity contribution < 1.29 is 14.4 Å². The number of rotatable bonds is 1. The lowest BCUT2D eigenvalue weighted by atomic mass is 9.89. The van der Waals surface area contributed by atoms with Gasteiger partial charge in [-0.05, 0) is 6.08 Å². The van der Waals surface area contributed by atoms with Crippen LogP contribution < -0.4 is 0 Å². The lowest BCUT2D eigenvalue weighted by Crippen LogP contribution is -2.44. The Bertz CT molecular complexity index is 635. The fraction of sp³-hybridized carbons (Fsp3) is 0.467. The number of Topliss-reactive ketones (excluding diaryl/α,β-unsaturated/α-hetero) is 1. The van der Waals surface area contributed by atoms with E-state index in [1.54, 1.807) is 12.4 Å². The van der Waals surface area contributed by atoms with Crippen LogP contribution in [-0.2, 0) is 19.8 Å². The van der Waals surface area contributed by atoms with Crippen LogP contribution in [0.5, 0.6) is 0 Å². The summed E-state index contributed by atoms with van der Waals surface area (Å²) in [6.07, 6.45) is 3.20. The summed E-state index contributed by atoms with van der Waals surface area (Å²) in [5.41, 5.74) is 1.66. The Hall–Kier alpha value is -2.24. The van der Waals surface area contributed by atoms with Gasteiger partial charge in [0.1, 0.15) is 0 Å². The topological polar surface area (TPSA) is 83.1 Å². The maximum absolute atomic E-state index is 12.2. The molecule has 0 unspecified atom stereocenters. The molecule has 0 aromatic carbocycles. The van der Waals surface area contributed by atoms with Crippen LogP contribution in [-0.4, -0.2) is 39.0 Å². The number of hydrogen-bond donors (Lipinski definition) is 1. The molecule has 2 rings (SSSR count). The van der Waals surface area contributed by atoms with E-state index in [-0.39, 0.29) is 24.2 Å². The van der Waals surface area contributed by atoms with Crippen molar-refractivity contribution in [3.05, 3.63) is 23.3 Å². The lowest BCUT2D eigenvalue weighted by Gasteiger charge is -2.25. The van der Waals surface area contributed by atoms with Crippen molar-refractivity contribution >= 4 is 23.7 Å². The Balaban J connectivity index is 2.41. The number of aromatic amines is 1. The minimum atomic E-state index is -0.419. The number of hydrogen-bond acceptors (Lipinski definition) is 4. The predicted molar refractivity (Wildman–Crippen MR) is 77.3 cm³/mol. The number of likely N-dealkylation sites (tertiary alicyclic amines) is 1. The maximum Gasteiger partial charge on any atom is 0.257 e. The molecule has 0 saturated carbocycles. The molecule has 0 aliphatic carbocycles. The number of nitrogens with zero attached hydrogens (tertiary/aromatic N) is 2. The Morgan fingerprint density at radius 1 is 1.38 bits per heavy atom. The smallest absolute Gasteiger partial charge is 0.257 e. The highest BCUT2D eigenvalue weighted by Crippen LogP contribution is 2.26. The zero-order valence-electron chi connectivity index (χ0n) is 12.7. The fourth-order valence-electron chi connectivity index (χ4n) is 2.31. The molecular formula is C15H19N3O3. The highest BCUT2D eigenvalue weighted by Gasteiger charge is 2.31. The summed E-state index contributed by atoms with van der Waals surface area (Å²) in [5.74, 6) is -0.981. The second kappa shape index (κ2) is 5.27. The van der Waals surface area contributed by atoms with Gasteiger partial charge < -0.3 is 4.98 Å². The molecule has 0 atom stereocenters. The van der Waals surface area contributed by atoms with E-state index in [1.807, 2.05) is 20.8 Å². The molecule has 6 nitrogen and oxygen atoms in total. The van der Waals surface area contributed by atoms with Gasteiger partial charge in [0.15, 0.2) is 5.78 Å². The molecule has 1 aliphatic rings. The summed E-state index contributed by atoms with van der Waals surface area (Å²) in [6.45, 7) is 7.22. The lowest BCUT2D eigenvalue weighted by molar-refractivity contribution is -0.146. The first-order chi connectivity index (χ1) is 9.70. The minimum absolute atomic E-state index is 0.0407. The molecule has 1 aromatic heterocycles. The maximum atomic E-state index is 12.2. The molecule has 2 amide bonds. The highest BCUT2D eigenvalue weighted by atomic mass is 16.2. The number of imidazole rings is 1. The first-order valence-electron chi connectivity index (χ1n) is 6.78. The number of H-pyrrole nitrogens is 1. The summed E-state index contributed by atoms with van der Waals surface area (Å²) < 4.78 is 0. The first-order valence-corrected chi connectivity index (χ1v) is 6.78. The van der Waals surface area contributed by atoms with Crippen molar-refractivity contribution in [1.82, 2.24) is 14.9 Å². The normalized spacial score (nSPS) is 18.5. The number of ketones is 1. The van der Waals surface area contributed by atoms with Crippen LogP contribution in [0.3, 0.4) is 0 Å². The third-order valence-electron chi connectivity index (χ3n) is 3.35. The second-order valence-electron chi connectivity index (χ2n) is 6.21. The van der Waals surface area contributed by atoms with Crippen molar-refractivity contribution in [2.45, 2.75) is 39.5 Å². The molecule has 6 heteroatoms. The fourth-order valence-corrected chi connectivity index (χ4v) is 2.31. The van der Waals surface area contributed by atoms with E-state index in [0.29, 0.717) is 11.3 Å². The van der Waals surface area contributed by atoms with E-state index in [2.05, 4.69) is 9.97 Å². The second-order valence-corrected chi connectivity index (χ2v) is 6.21. The quantitative estimate of drug-likeness (QED) is 0.793. The van der Waals surface area contributed by atoms with Gasteiger partial charge in [0.05, 0.1) is 18.6 Å². The van der Waals surface area contributed by atoms with E-state index < -0.39 is 11.8 Å². The molecule has 21 heavy (non-hydrogen) atoms. The number of aromatic nitrogens is 2. The number of carbonyl (C=O) groups is 3. The van der Waals surface area contributed by atoms with Crippen molar-refractivity contribution in [1.29, 1.82) is 0 Å². The molecule has 1 N–H and O–H groups in total. The highest BCUT2D eigenvalue weighted by molar-refractivity contribution is 6.13. The number of nitrogens with one attached hydrogen (secondary N) is 1. The van der Waals surface area contributed by atoms with E-state index in [4.69, 9.17) is 0 Å². The predicted octanol–water partition coefficient (Wildman–Crippen LogP) is 1.44. The average Bonchev–Trinajstić information content (AvgIpc) is 2.81. The van der Waals surface area contributed by atoms with Gasteiger partial charge >= 0.3 is 0 Å². The zero-order valence-corrected chi connectivity index (χ0v) is 12.7.